The van der Waals surface area contributed by atoms with Crippen LogP contribution in [-0.2, 0) is 0 Å². The maximum atomic E-state index is 8.75. The van der Waals surface area contributed by atoms with Crippen LogP contribution in [0.2, 0.25) is 0 Å². The highest BCUT2D eigenvalue weighted by molar-refractivity contribution is 4.92. The van der Waals surface area contributed by atoms with Crippen molar-refractivity contribution in [2.75, 3.05) is 6.61 Å². The normalized spacial score (nSPS) is 13.3. The van der Waals surface area contributed by atoms with Crippen LogP contribution in [0, 0.1) is 0 Å². The van der Waals surface area contributed by atoms with Crippen molar-refractivity contribution in [3.05, 3.63) is 24.5 Å². The fraction of sp³-hybridized carbons (Fsp3) is 0.556. The van der Waals surface area contributed by atoms with Crippen molar-refractivity contribution in [1.82, 2.24) is 4.57 Å². The molecule has 0 spiro atoms. The van der Waals surface area contributed by atoms with E-state index in [0.717, 1.165) is 12.8 Å². The third-order valence-corrected chi connectivity index (χ3v) is 1.98. The Bertz CT molecular complexity index is 181. The van der Waals surface area contributed by atoms with E-state index in [0.29, 0.717) is 6.04 Å². The molecule has 0 saturated heterocycles. The lowest BCUT2D eigenvalue weighted by molar-refractivity contribution is 0.255. The predicted molar refractivity (Wildman–Crippen MR) is 45.5 cm³/mol. The van der Waals surface area contributed by atoms with Gasteiger partial charge in [0.05, 0.1) is 0 Å². The fourth-order valence-corrected chi connectivity index (χ4v) is 1.30. The van der Waals surface area contributed by atoms with Gasteiger partial charge in [-0.05, 0) is 25.0 Å². The zero-order valence-corrected chi connectivity index (χ0v) is 6.90. The molecule has 11 heavy (non-hydrogen) atoms. The van der Waals surface area contributed by atoms with E-state index in [4.69, 9.17) is 5.11 Å². The molecule has 1 heterocycles. The Morgan fingerprint density at radius 3 is 2.45 bits per heavy atom. The quantitative estimate of drug-likeness (QED) is 0.701. The van der Waals surface area contributed by atoms with Crippen molar-refractivity contribution in [2.45, 2.75) is 25.8 Å². The van der Waals surface area contributed by atoms with Gasteiger partial charge in [-0.25, -0.2) is 0 Å². The Balaban J connectivity index is 2.56. The smallest absolute Gasteiger partial charge is 0.0450 e. The largest absolute Gasteiger partial charge is 0.396 e. The average molecular weight is 153 g/mol. The second kappa shape index (κ2) is 4.19. The van der Waals surface area contributed by atoms with Crippen molar-refractivity contribution in [3.8, 4) is 0 Å². The highest BCUT2D eigenvalue weighted by Gasteiger charge is 2.04. The van der Waals surface area contributed by atoms with Crippen LogP contribution in [0.4, 0.5) is 0 Å². The lowest BCUT2D eigenvalue weighted by Crippen LogP contribution is -2.07. The molecule has 0 aliphatic heterocycles. The molecule has 2 nitrogen and oxygen atoms in total. The van der Waals surface area contributed by atoms with Gasteiger partial charge in [-0.1, -0.05) is 6.92 Å². The first-order valence-corrected chi connectivity index (χ1v) is 4.11. The van der Waals surface area contributed by atoms with Gasteiger partial charge in [0.15, 0.2) is 0 Å². The van der Waals surface area contributed by atoms with Crippen molar-refractivity contribution in [1.29, 1.82) is 0 Å². The summed E-state index contributed by atoms with van der Waals surface area (Å²) in [4.78, 5) is 0. The summed E-state index contributed by atoms with van der Waals surface area (Å²) in [5.74, 6) is 0. The molecule has 0 aliphatic rings. The van der Waals surface area contributed by atoms with E-state index >= 15 is 0 Å². The number of aliphatic hydroxyl groups is 1. The first kappa shape index (κ1) is 8.34. The first-order valence-electron chi connectivity index (χ1n) is 4.11. The van der Waals surface area contributed by atoms with Gasteiger partial charge in [-0.3, -0.25) is 0 Å². The molecule has 0 aliphatic carbocycles. The maximum absolute atomic E-state index is 8.75. The zero-order chi connectivity index (χ0) is 8.10. The van der Waals surface area contributed by atoms with Gasteiger partial charge >= 0.3 is 0 Å². The summed E-state index contributed by atoms with van der Waals surface area (Å²) >= 11 is 0. The molecule has 0 saturated carbocycles. The third-order valence-electron chi connectivity index (χ3n) is 1.98. The lowest BCUT2D eigenvalue weighted by Gasteiger charge is -2.14. The van der Waals surface area contributed by atoms with E-state index in [-0.39, 0.29) is 6.61 Å². The molecule has 0 bridgehead atoms. The van der Waals surface area contributed by atoms with Gasteiger partial charge in [-0.15, -0.1) is 0 Å². The van der Waals surface area contributed by atoms with Crippen LogP contribution >= 0.6 is 0 Å². The summed E-state index contributed by atoms with van der Waals surface area (Å²) in [5.41, 5.74) is 0. The maximum Gasteiger partial charge on any atom is 0.0450 e. The van der Waals surface area contributed by atoms with E-state index in [1.807, 2.05) is 24.5 Å². The summed E-state index contributed by atoms with van der Waals surface area (Å²) < 4.78 is 2.15. The predicted octanol–water partition coefficient (Wildman–Crippen LogP) is 1.82. The van der Waals surface area contributed by atoms with Crippen LogP contribution in [0.25, 0.3) is 0 Å². The minimum atomic E-state index is 0.274. The van der Waals surface area contributed by atoms with Gasteiger partial charge in [0, 0.05) is 25.0 Å². The molecule has 2 heteroatoms. The average Bonchev–Trinajstić information content (AvgIpc) is 2.52. The van der Waals surface area contributed by atoms with Gasteiger partial charge < -0.3 is 9.67 Å². The van der Waals surface area contributed by atoms with E-state index in [1.54, 1.807) is 0 Å². The zero-order valence-electron chi connectivity index (χ0n) is 6.90. The molecule has 1 atom stereocenters. The van der Waals surface area contributed by atoms with E-state index in [9.17, 15) is 0 Å². The van der Waals surface area contributed by atoms with Crippen molar-refractivity contribution in [2.24, 2.45) is 0 Å². The highest BCUT2D eigenvalue weighted by Crippen LogP contribution is 2.14. The SMILES string of the molecule is CCC(CCO)n1cccc1. The molecule has 1 N–H and O–H groups in total. The Morgan fingerprint density at radius 2 is 2.00 bits per heavy atom. The molecule has 1 aromatic rings. The monoisotopic (exact) mass is 153 g/mol. The Morgan fingerprint density at radius 1 is 1.36 bits per heavy atom. The molecule has 0 amide bonds. The van der Waals surface area contributed by atoms with Crippen LogP contribution < -0.4 is 0 Å². The van der Waals surface area contributed by atoms with Gasteiger partial charge in [0.2, 0.25) is 0 Å². The minimum Gasteiger partial charge on any atom is -0.396 e. The molecular weight excluding hydrogens is 138 g/mol. The Labute approximate surface area is 67.5 Å². The molecular formula is C9H15NO. The molecule has 1 aromatic heterocycles. The number of nitrogens with zero attached hydrogens (tertiary/aromatic N) is 1. The molecule has 1 unspecified atom stereocenters. The number of hydrogen-bond donors (Lipinski definition) is 1. The van der Waals surface area contributed by atoms with E-state index in [2.05, 4.69) is 11.5 Å². The first-order chi connectivity index (χ1) is 5.38. The molecule has 0 fully saturated rings. The molecule has 62 valence electrons. The van der Waals surface area contributed by atoms with Gasteiger partial charge in [-0.2, -0.15) is 0 Å². The van der Waals surface area contributed by atoms with Crippen molar-refractivity contribution >= 4 is 0 Å². The molecule has 0 aromatic carbocycles. The lowest BCUT2D eigenvalue weighted by atomic mass is 10.1. The summed E-state index contributed by atoms with van der Waals surface area (Å²) in [6, 6.07) is 4.50. The number of rotatable bonds is 4. The summed E-state index contributed by atoms with van der Waals surface area (Å²) in [5, 5.41) is 8.75. The molecule has 0 radical (unpaired) electrons. The summed E-state index contributed by atoms with van der Waals surface area (Å²) in [6.45, 7) is 2.41. The minimum absolute atomic E-state index is 0.274. The standard InChI is InChI=1S/C9H15NO/c1-2-9(5-8-11)10-6-3-4-7-10/h3-4,6-7,9,11H,2,5,8H2,1H3. The van der Waals surface area contributed by atoms with Crippen LogP contribution in [0.15, 0.2) is 24.5 Å². The van der Waals surface area contributed by atoms with E-state index < -0.39 is 0 Å². The van der Waals surface area contributed by atoms with Crippen LogP contribution in [-0.4, -0.2) is 16.3 Å². The topological polar surface area (TPSA) is 25.2 Å². The van der Waals surface area contributed by atoms with Crippen LogP contribution in [0.5, 0.6) is 0 Å². The van der Waals surface area contributed by atoms with Crippen molar-refractivity contribution in [3.63, 3.8) is 0 Å². The molecule has 1 rings (SSSR count). The highest BCUT2D eigenvalue weighted by atomic mass is 16.3. The number of aliphatic hydroxyl groups excluding tert-OH is 1. The fourth-order valence-electron chi connectivity index (χ4n) is 1.30. The second-order valence-corrected chi connectivity index (χ2v) is 2.70. The van der Waals surface area contributed by atoms with Gasteiger partial charge in [0.1, 0.15) is 0 Å². The summed E-state index contributed by atoms with van der Waals surface area (Å²) in [6.07, 6.45) is 6.02. The third kappa shape index (κ3) is 2.09. The summed E-state index contributed by atoms with van der Waals surface area (Å²) in [7, 11) is 0. The Kier molecular flexibility index (Phi) is 3.17. The number of hydrogen-bond acceptors (Lipinski definition) is 1. The van der Waals surface area contributed by atoms with Gasteiger partial charge in [0.25, 0.3) is 0 Å². The van der Waals surface area contributed by atoms with E-state index in [1.165, 1.54) is 0 Å². The number of aromatic nitrogens is 1. The van der Waals surface area contributed by atoms with Crippen LogP contribution in [0.3, 0.4) is 0 Å². The van der Waals surface area contributed by atoms with Crippen molar-refractivity contribution < 1.29 is 5.11 Å². The Hall–Kier alpha value is -0.760. The second-order valence-electron chi connectivity index (χ2n) is 2.70. The van der Waals surface area contributed by atoms with Crippen LogP contribution in [0.1, 0.15) is 25.8 Å².